The van der Waals surface area contributed by atoms with E-state index >= 15 is 0 Å². The van der Waals surface area contributed by atoms with Crippen LogP contribution in [0, 0.1) is 18.3 Å². The number of hydrazine groups is 1. The Kier molecular flexibility index (Phi) is 5.88. The summed E-state index contributed by atoms with van der Waals surface area (Å²) in [5, 5.41) is 8.73. The van der Waals surface area contributed by atoms with Gasteiger partial charge < -0.3 is 0 Å². The van der Waals surface area contributed by atoms with Gasteiger partial charge in [-0.3, -0.25) is 20.4 Å². The largest absolute Gasteiger partial charge is 0.279 e. The molecule has 0 unspecified atom stereocenters. The number of nitrogens with zero attached hydrogens (tertiary/aromatic N) is 1. The molecule has 2 rings (SSSR count). The van der Waals surface area contributed by atoms with Crippen molar-refractivity contribution in [3.8, 4) is 6.07 Å². The molecule has 0 spiro atoms. The highest BCUT2D eigenvalue weighted by molar-refractivity contribution is 7.14. The zero-order valence-corrected chi connectivity index (χ0v) is 14.2. The molecule has 0 saturated carbocycles. The number of benzene rings is 1. The molecule has 0 radical (unpaired) electrons. The molecule has 1 aromatic heterocycles. The zero-order valence-electron chi connectivity index (χ0n) is 13.4. The van der Waals surface area contributed by atoms with Crippen molar-refractivity contribution in [2.45, 2.75) is 20.3 Å². The Morgan fingerprint density at radius 3 is 2.54 bits per heavy atom. The summed E-state index contributed by atoms with van der Waals surface area (Å²) in [6.07, 6.45) is 3.80. The fourth-order valence-electron chi connectivity index (χ4n) is 2.05. The summed E-state index contributed by atoms with van der Waals surface area (Å²) in [4.78, 5) is 25.5. The van der Waals surface area contributed by atoms with Crippen LogP contribution in [0.4, 0.5) is 0 Å². The summed E-state index contributed by atoms with van der Waals surface area (Å²) in [5.74, 6) is -0.764. The number of amides is 2. The Morgan fingerprint density at radius 1 is 1.25 bits per heavy atom. The van der Waals surface area contributed by atoms with Gasteiger partial charge >= 0.3 is 0 Å². The molecule has 5 nitrogen and oxygen atoms in total. The minimum atomic E-state index is -0.434. The number of aryl methyl sites for hydroxylation is 2. The van der Waals surface area contributed by atoms with Crippen LogP contribution in [0.15, 0.2) is 36.4 Å². The summed E-state index contributed by atoms with van der Waals surface area (Å²) in [7, 11) is 0. The molecule has 122 valence electrons. The molecule has 0 aliphatic rings. The van der Waals surface area contributed by atoms with Crippen LogP contribution >= 0.6 is 11.3 Å². The number of nitriles is 1. The lowest BCUT2D eigenvalue weighted by atomic mass is 10.1. The van der Waals surface area contributed by atoms with E-state index in [0.717, 1.165) is 22.4 Å². The molecule has 0 aliphatic heterocycles. The number of hydrogen-bond acceptors (Lipinski definition) is 4. The van der Waals surface area contributed by atoms with Crippen LogP contribution in [0.1, 0.15) is 38.2 Å². The van der Waals surface area contributed by atoms with Gasteiger partial charge in [0.1, 0.15) is 0 Å². The summed E-state index contributed by atoms with van der Waals surface area (Å²) in [6, 6.07) is 10.7. The summed E-state index contributed by atoms with van der Waals surface area (Å²) >= 11 is 1.43. The molecular weight excluding hydrogens is 322 g/mol. The van der Waals surface area contributed by atoms with Gasteiger partial charge in [-0.2, -0.15) is 5.26 Å². The Hall–Kier alpha value is -2.91. The topological polar surface area (TPSA) is 82.0 Å². The van der Waals surface area contributed by atoms with Crippen LogP contribution in [-0.2, 0) is 11.2 Å². The van der Waals surface area contributed by atoms with Gasteiger partial charge in [0.05, 0.1) is 16.5 Å². The number of nitrogens with one attached hydrogen (secondary N) is 2. The van der Waals surface area contributed by atoms with Crippen LogP contribution < -0.4 is 10.9 Å². The molecule has 0 saturated heterocycles. The van der Waals surface area contributed by atoms with Crippen molar-refractivity contribution in [3.05, 3.63) is 62.9 Å². The van der Waals surface area contributed by atoms with E-state index < -0.39 is 5.91 Å². The highest BCUT2D eigenvalue weighted by Crippen LogP contribution is 2.21. The first-order valence-corrected chi connectivity index (χ1v) is 8.23. The van der Waals surface area contributed by atoms with E-state index in [9.17, 15) is 9.59 Å². The Bertz CT molecular complexity index is 814. The number of thiophene rings is 1. The van der Waals surface area contributed by atoms with Gasteiger partial charge in [-0.05, 0) is 48.7 Å². The standard InChI is InChI=1S/C18H17N3O2S/c1-3-15-12(2)10-16(24-15)18(23)21-20-17(22)9-8-13-4-6-14(11-19)7-5-13/h4-10H,3H2,1-2H3,(H,20,22)(H,21,23)/b9-8+. The van der Waals surface area contributed by atoms with Crippen molar-refractivity contribution in [1.82, 2.24) is 10.9 Å². The molecule has 24 heavy (non-hydrogen) atoms. The highest BCUT2D eigenvalue weighted by Gasteiger charge is 2.11. The normalized spacial score (nSPS) is 10.4. The number of carbonyl (C=O) groups is 2. The van der Waals surface area contributed by atoms with E-state index in [1.807, 2.05) is 26.0 Å². The third-order valence-electron chi connectivity index (χ3n) is 3.33. The van der Waals surface area contributed by atoms with E-state index in [4.69, 9.17) is 5.26 Å². The van der Waals surface area contributed by atoms with Crippen molar-refractivity contribution in [2.75, 3.05) is 0 Å². The SMILES string of the molecule is CCc1sc(C(=O)NNC(=O)/C=C/c2ccc(C#N)cc2)cc1C. The molecule has 1 aromatic carbocycles. The van der Waals surface area contributed by atoms with Crippen molar-refractivity contribution >= 4 is 29.2 Å². The zero-order chi connectivity index (χ0) is 17.5. The predicted molar refractivity (Wildman–Crippen MR) is 94.2 cm³/mol. The second-order valence-corrected chi connectivity index (χ2v) is 6.22. The van der Waals surface area contributed by atoms with Crippen LogP contribution in [0.5, 0.6) is 0 Å². The molecule has 0 aliphatic carbocycles. The monoisotopic (exact) mass is 339 g/mol. The summed E-state index contributed by atoms with van der Waals surface area (Å²) in [5.41, 5.74) is 7.17. The van der Waals surface area contributed by atoms with Gasteiger partial charge in [-0.1, -0.05) is 19.1 Å². The minimum Gasteiger partial charge on any atom is -0.268 e. The van der Waals surface area contributed by atoms with Crippen molar-refractivity contribution in [3.63, 3.8) is 0 Å². The van der Waals surface area contributed by atoms with Crippen molar-refractivity contribution in [1.29, 1.82) is 5.26 Å². The van der Waals surface area contributed by atoms with Crippen LogP contribution in [0.3, 0.4) is 0 Å². The molecule has 6 heteroatoms. The van der Waals surface area contributed by atoms with E-state index in [-0.39, 0.29) is 5.91 Å². The van der Waals surface area contributed by atoms with Crippen LogP contribution in [0.2, 0.25) is 0 Å². The molecular formula is C18H17N3O2S. The molecule has 1 heterocycles. The summed E-state index contributed by atoms with van der Waals surface area (Å²) < 4.78 is 0. The van der Waals surface area contributed by atoms with Gasteiger partial charge in [0.25, 0.3) is 11.8 Å². The van der Waals surface area contributed by atoms with Gasteiger partial charge in [0.15, 0.2) is 0 Å². The fraction of sp³-hybridized carbons (Fsp3) is 0.167. The first-order valence-electron chi connectivity index (χ1n) is 7.41. The van der Waals surface area contributed by atoms with E-state index in [2.05, 4.69) is 10.9 Å². The van der Waals surface area contributed by atoms with E-state index in [1.165, 1.54) is 17.4 Å². The van der Waals surface area contributed by atoms with Crippen LogP contribution in [0.25, 0.3) is 6.08 Å². The predicted octanol–water partition coefficient (Wildman–Crippen LogP) is 2.97. The van der Waals surface area contributed by atoms with Gasteiger partial charge in [-0.15, -0.1) is 11.3 Å². The Morgan fingerprint density at radius 2 is 1.96 bits per heavy atom. The average Bonchev–Trinajstić information content (AvgIpc) is 2.99. The molecule has 0 fully saturated rings. The first-order chi connectivity index (χ1) is 11.5. The molecule has 2 aromatic rings. The smallest absolute Gasteiger partial charge is 0.268 e. The van der Waals surface area contributed by atoms with E-state index in [0.29, 0.717) is 10.4 Å². The summed E-state index contributed by atoms with van der Waals surface area (Å²) in [6.45, 7) is 4.00. The Labute approximate surface area is 144 Å². The quantitative estimate of drug-likeness (QED) is 0.664. The third-order valence-corrected chi connectivity index (χ3v) is 4.71. The number of rotatable bonds is 4. The maximum Gasteiger partial charge on any atom is 0.279 e. The maximum absolute atomic E-state index is 12.0. The second-order valence-electron chi connectivity index (χ2n) is 5.08. The lowest BCUT2D eigenvalue weighted by molar-refractivity contribution is -0.117. The second kappa shape index (κ2) is 8.09. The van der Waals surface area contributed by atoms with Gasteiger partial charge in [0.2, 0.25) is 0 Å². The average molecular weight is 339 g/mol. The van der Waals surface area contributed by atoms with Crippen molar-refractivity contribution < 1.29 is 9.59 Å². The molecule has 2 amide bonds. The first kappa shape index (κ1) is 17.4. The molecule has 0 atom stereocenters. The maximum atomic E-state index is 12.0. The highest BCUT2D eigenvalue weighted by atomic mass is 32.1. The number of hydrogen-bond donors (Lipinski definition) is 2. The Balaban J connectivity index is 1.88. The lowest BCUT2D eigenvalue weighted by Crippen LogP contribution is -2.40. The third kappa shape index (κ3) is 4.54. The van der Waals surface area contributed by atoms with Crippen molar-refractivity contribution in [2.24, 2.45) is 0 Å². The minimum absolute atomic E-state index is 0.331. The fourth-order valence-corrected chi connectivity index (χ4v) is 3.05. The van der Waals surface area contributed by atoms with Gasteiger partial charge in [-0.25, -0.2) is 0 Å². The van der Waals surface area contributed by atoms with Gasteiger partial charge in [0, 0.05) is 11.0 Å². The molecule has 2 N–H and O–H groups in total. The van der Waals surface area contributed by atoms with Crippen LogP contribution in [-0.4, -0.2) is 11.8 Å². The lowest BCUT2D eigenvalue weighted by Gasteiger charge is -2.03. The number of carbonyl (C=O) groups excluding carboxylic acids is 2. The molecule has 0 bridgehead atoms. The van der Waals surface area contributed by atoms with E-state index in [1.54, 1.807) is 30.3 Å².